The molecule has 0 aliphatic carbocycles. The van der Waals surface area contributed by atoms with E-state index in [2.05, 4.69) is 10.2 Å². The van der Waals surface area contributed by atoms with Crippen LogP contribution in [-0.2, 0) is 0 Å². The molecule has 0 unspecified atom stereocenters. The Balaban J connectivity index is 2.52. The molecule has 2 N–H and O–H groups in total. The van der Waals surface area contributed by atoms with Crippen molar-refractivity contribution in [3.8, 4) is 11.3 Å². The third kappa shape index (κ3) is 1.33. The number of hydrogen-bond acceptors (Lipinski definition) is 3. The maximum absolute atomic E-state index is 10.8. The minimum Gasteiger partial charge on any atom is -0.477 e. The van der Waals surface area contributed by atoms with E-state index < -0.39 is 5.97 Å². The monoisotopic (exact) mass is 194 g/mol. The van der Waals surface area contributed by atoms with E-state index in [0.717, 1.165) is 5.69 Å². The Bertz CT molecular complexity index is 419. The van der Waals surface area contributed by atoms with Crippen molar-refractivity contribution >= 4 is 17.3 Å². The van der Waals surface area contributed by atoms with Crippen LogP contribution in [0.4, 0.5) is 0 Å². The minimum absolute atomic E-state index is 0.337. The van der Waals surface area contributed by atoms with E-state index in [9.17, 15) is 4.79 Å². The van der Waals surface area contributed by atoms with Crippen molar-refractivity contribution in [2.24, 2.45) is 0 Å². The molecule has 0 bridgehead atoms. The zero-order valence-electron chi connectivity index (χ0n) is 6.52. The third-order valence-corrected chi connectivity index (χ3v) is 2.55. The van der Waals surface area contributed by atoms with E-state index in [0.29, 0.717) is 10.4 Å². The van der Waals surface area contributed by atoms with E-state index in [-0.39, 0.29) is 0 Å². The summed E-state index contributed by atoms with van der Waals surface area (Å²) in [4.78, 5) is 11.1. The molecule has 0 atom stereocenters. The second-order valence-electron chi connectivity index (χ2n) is 2.44. The van der Waals surface area contributed by atoms with Crippen LogP contribution in [0, 0.1) is 0 Å². The van der Waals surface area contributed by atoms with Gasteiger partial charge in [-0.2, -0.15) is 5.10 Å². The van der Waals surface area contributed by atoms with Crippen LogP contribution in [0.5, 0.6) is 0 Å². The molecule has 2 heterocycles. The Kier molecular flexibility index (Phi) is 1.86. The van der Waals surface area contributed by atoms with Gasteiger partial charge in [-0.25, -0.2) is 4.79 Å². The van der Waals surface area contributed by atoms with Gasteiger partial charge in [0.25, 0.3) is 0 Å². The third-order valence-electron chi connectivity index (χ3n) is 1.65. The normalized spacial score (nSPS) is 10.2. The van der Waals surface area contributed by atoms with Gasteiger partial charge in [0.15, 0.2) is 0 Å². The van der Waals surface area contributed by atoms with Crippen molar-refractivity contribution < 1.29 is 9.90 Å². The number of carboxylic acid groups (broad SMARTS) is 1. The number of nitrogens with zero attached hydrogens (tertiary/aromatic N) is 1. The summed E-state index contributed by atoms with van der Waals surface area (Å²) in [6, 6.07) is 3.51. The van der Waals surface area contributed by atoms with Gasteiger partial charge in [-0.15, -0.1) is 11.3 Å². The van der Waals surface area contributed by atoms with Gasteiger partial charge < -0.3 is 5.11 Å². The van der Waals surface area contributed by atoms with Crippen molar-refractivity contribution in [2.45, 2.75) is 0 Å². The van der Waals surface area contributed by atoms with Crippen LogP contribution in [0.15, 0.2) is 23.7 Å². The van der Waals surface area contributed by atoms with Gasteiger partial charge in [-0.1, -0.05) is 0 Å². The zero-order chi connectivity index (χ0) is 9.26. The lowest BCUT2D eigenvalue weighted by Gasteiger charge is -1.94. The average molecular weight is 194 g/mol. The highest BCUT2D eigenvalue weighted by Crippen LogP contribution is 2.26. The smallest absolute Gasteiger partial charge is 0.346 e. The fraction of sp³-hybridized carbons (Fsp3) is 0. The van der Waals surface area contributed by atoms with Gasteiger partial charge in [0.2, 0.25) is 0 Å². The highest BCUT2D eigenvalue weighted by Gasteiger charge is 2.13. The van der Waals surface area contributed by atoms with Gasteiger partial charge in [0, 0.05) is 11.8 Å². The topological polar surface area (TPSA) is 66.0 Å². The van der Waals surface area contributed by atoms with Gasteiger partial charge in [-0.3, -0.25) is 5.10 Å². The standard InChI is InChI=1S/C8H6N2O2S/c11-8(12)7-5(2-4-13-7)6-1-3-9-10-6/h1-4H,(H,9,10)(H,11,12). The average Bonchev–Trinajstić information content (AvgIpc) is 2.74. The zero-order valence-corrected chi connectivity index (χ0v) is 7.34. The molecule has 0 aromatic carbocycles. The lowest BCUT2D eigenvalue weighted by atomic mass is 10.2. The van der Waals surface area contributed by atoms with E-state index >= 15 is 0 Å². The summed E-state index contributed by atoms with van der Waals surface area (Å²) in [6.45, 7) is 0. The van der Waals surface area contributed by atoms with Gasteiger partial charge >= 0.3 is 5.97 Å². The van der Waals surface area contributed by atoms with Crippen LogP contribution < -0.4 is 0 Å². The molecule has 0 saturated carbocycles. The predicted molar refractivity (Wildman–Crippen MR) is 48.9 cm³/mol. The van der Waals surface area contributed by atoms with E-state index in [1.54, 1.807) is 23.7 Å². The lowest BCUT2D eigenvalue weighted by Crippen LogP contribution is -1.94. The quantitative estimate of drug-likeness (QED) is 0.766. The summed E-state index contributed by atoms with van der Waals surface area (Å²) >= 11 is 1.21. The SMILES string of the molecule is O=C(O)c1sccc1-c1ccn[nH]1. The number of hydrogen-bond donors (Lipinski definition) is 2. The number of thiophene rings is 1. The highest BCUT2D eigenvalue weighted by molar-refractivity contribution is 7.12. The van der Waals surface area contributed by atoms with Crippen molar-refractivity contribution in [2.75, 3.05) is 0 Å². The largest absolute Gasteiger partial charge is 0.477 e. The fourth-order valence-corrected chi connectivity index (χ4v) is 1.84. The molecule has 66 valence electrons. The molecular formula is C8H6N2O2S. The van der Waals surface area contributed by atoms with Crippen LogP contribution >= 0.6 is 11.3 Å². The van der Waals surface area contributed by atoms with Crippen LogP contribution in [-0.4, -0.2) is 21.3 Å². The second kappa shape index (κ2) is 3.02. The molecule has 0 fully saturated rings. The van der Waals surface area contributed by atoms with Gasteiger partial charge in [0.05, 0.1) is 5.69 Å². The van der Waals surface area contributed by atoms with E-state index in [1.165, 1.54) is 11.3 Å². The van der Waals surface area contributed by atoms with Gasteiger partial charge in [-0.05, 0) is 17.5 Å². The van der Waals surface area contributed by atoms with Crippen LogP contribution in [0.2, 0.25) is 0 Å². The first-order chi connectivity index (χ1) is 6.29. The van der Waals surface area contributed by atoms with Crippen LogP contribution in [0.3, 0.4) is 0 Å². The second-order valence-corrected chi connectivity index (χ2v) is 3.35. The highest BCUT2D eigenvalue weighted by atomic mass is 32.1. The maximum Gasteiger partial charge on any atom is 0.346 e. The first-order valence-electron chi connectivity index (χ1n) is 3.59. The Morgan fingerprint density at radius 2 is 2.38 bits per heavy atom. The number of H-pyrrole nitrogens is 1. The molecule has 0 amide bonds. The number of aromatic carboxylic acids is 1. The van der Waals surface area contributed by atoms with Crippen molar-refractivity contribution in [1.82, 2.24) is 10.2 Å². The molecule has 13 heavy (non-hydrogen) atoms. The van der Waals surface area contributed by atoms with Gasteiger partial charge in [0.1, 0.15) is 4.88 Å². The molecule has 2 rings (SSSR count). The number of rotatable bonds is 2. The number of aromatic nitrogens is 2. The summed E-state index contributed by atoms with van der Waals surface area (Å²) < 4.78 is 0. The molecule has 5 heteroatoms. The number of carbonyl (C=O) groups is 1. The molecule has 4 nitrogen and oxygen atoms in total. The molecule has 0 spiro atoms. The van der Waals surface area contributed by atoms with E-state index in [4.69, 9.17) is 5.11 Å². The fourth-order valence-electron chi connectivity index (χ4n) is 1.09. The summed E-state index contributed by atoms with van der Waals surface area (Å²) in [5, 5.41) is 17.1. The Labute approximate surface area is 77.8 Å². The summed E-state index contributed by atoms with van der Waals surface area (Å²) in [6.07, 6.45) is 1.60. The number of nitrogens with one attached hydrogen (secondary N) is 1. The lowest BCUT2D eigenvalue weighted by molar-refractivity contribution is 0.0703. The van der Waals surface area contributed by atoms with Crippen molar-refractivity contribution in [1.29, 1.82) is 0 Å². The molecule has 0 aliphatic rings. The van der Waals surface area contributed by atoms with Crippen LogP contribution in [0.1, 0.15) is 9.67 Å². The molecule has 2 aromatic rings. The Morgan fingerprint density at radius 3 is 3.00 bits per heavy atom. The molecule has 0 saturated heterocycles. The van der Waals surface area contributed by atoms with Crippen molar-refractivity contribution in [3.63, 3.8) is 0 Å². The minimum atomic E-state index is -0.903. The summed E-state index contributed by atoms with van der Waals surface area (Å²) in [5.74, 6) is -0.903. The molecule has 2 aromatic heterocycles. The molecule has 0 radical (unpaired) electrons. The maximum atomic E-state index is 10.8. The Hall–Kier alpha value is -1.62. The van der Waals surface area contributed by atoms with E-state index in [1.807, 2.05) is 0 Å². The molecular weight excluding hydrogens is 188 g/mol. The summed E-state index contributed by atoms with van der Waals surface area (Å²) in [5.41, 5.74) is 1.42. The summed E-state index contributed by atoms with van der Waals surface area (Å²) in [7, 11) is 0. The first-order valence-corrected chi connectivity index (χ1v) is 4.47. The number of carboxylic acids is 1. The predicted octanol–water partition coefficient (Wildman–Crippen LogP) is 1.84. The van der Waals surface area contributed by atoms with Crippen LogP contribution in [0.25, 0.3) is 11.3 Å². The first kappa shape index (κ1) is 8.00. The van der Waals surface area contributed by atoms with Crippen molar-refractivity contribution in [3.05, 3.63) is 28.6 Å². The number of aromatic amines is 1. The Morgan fingerprint density at radius 1 is 1.54 bits per heavy atom. The molecule has 0 aliphatic heterocycles.